The lowest BCUT2D eigenvalue weighted by Gasteiger charge is -2.35. The van der Waals surface area contributed by atoms with E-state index < -0.39 is 22.6 Å². The Morgan fingerprint density at radius 3 is 2.45 bits per heavy atom. The van der Waals surface area contributed by atoms with Crippen molar-refractivity contribution >= 4 is 29.5 Å². The number of likely N-dealkylation sites (tertiary alicyclic amines) is 1. The van der Waals surface area contributed by atoms with E-state index in [-0.39, 0.29) is 36.1 Å². The molecule has 2 saturated heterocycles. The van der Waals surface area contributed by atoms with E-state index in [0.29, 0.717) is 26.2 Å². The van der Waals surface area contributed by atoms with Crippen LogP contribution in [0.2, 0.25) is 0 Å². The summed E-state index contributed by atoms with van der Waals surface area (Å²) in [5, 5.41) is 9.55. The van der Waals surface area contributed by atoms with Crippen LogP contribution in [0.3, 0.4) is 0 Å². The zero-order valence-corrected chi connectivity index (χ0v) is 19.2. The molecule has 0 radical (unpaired) electrons. The number of nitrogens with zero attached hydrogens (tertiary/aromatic N) is 3. The van der Waals surface area contributed by atoms with Crippen molar-refractivity contribution in [2.45, 2.75) is 49.1 Å². The van der Waals surface area contributed by atoms with Gasteiger partial charge in [0, 0.05) is 38.0 Å². The molecule has 7 nitrogen and oxygen atoms in total. The Kier molecular flexibility index (Phi) is 6.49. The molecule has 4 rings (SSSR count). The number of carbonyl (C=O) groups excluding carboxylic acids is 3. The number of aliphatic hydroxyl groups is 1. The first-order chi connectivity index (χ1) is 15.0. The Hall–Kier alpha value is -1.80. The maximum atomic E-state index is 13.7. The molecule has 4 heterocycles. The van der Waals surface area contributed by atoms with Crippen molar-refractivity contribution in [3.63, 3.8) is 0 Å². The predicted molar refractivity (Wildman–Crippen MR) is 120 cm³/mol. The Morgan fingerprint density at radius 1 is 1.00 bits per heavy atom. The van der Waals surface area contributed by atoms with Gasteiger partial charge in [-0.15, -0.1) is 11.8 Å². The summed E-state index contributed by atoms with van der Waals surface area (Å²) in [6, 6.07) is -0.675. The lowest BCUT2D eigenvalue weighted by Crippen LogP contribution is -2.53. The van der Waals surface area contributed by atoms with Crippen LogP contribution in [0.4, 0.5) is 0 Å². The Morgan fingerprint density at radius 2 is 1.74 bits per heavy atom. The van der Waals surface area contributed by atoms with Gasteiger partial charge < -0.3 is 19.8 Å². The molecule has 5 atom stereocenters. The fourth-order valence-electron chi connectivity index (χ4n) is 5.60. The molecule has 1 unspecified atom stereocenters. The molecule has 2 fully saturated rings. The lowest BCUT2D eigenvalue weighted by atomic mass is 9.78. The van der Waals surface area contributed by atoms with Gasteiger partial charge in [-0.3, -0.25) is 14.4 Å². The fourth-order valence-corrected chi connectivity index (χ4v) is 7.61. The second-order valence-electron chi connectivity index (χ2n) is 8.85. The normalized spacial score (nSPS) is 34.7. The van der Waals surface area contributed by atoms with Crippen LogP contribution in [0.5, 0.6) is 0 Å². The molecular formula is C23H33N3O4S. The van der Waals surface area contributed by atoms with E-state index in [1.54, 1.807) is 16.7 Å². The highest BCUT2D eigenvalue weighted by Gasteiger charge is 2.70. The zero-order chi connectivity index (χ0) is 22.2. The zero-order valence-electron chi connectivity index (χ0n) is 18.4. The Balaban J connectivity index is 1.76. The number of unbranched alkanes of at least 4 members (excludes halogenated alkanes) is 1. The first-order valence-corrected chi connectivity index (χ1v) is 12.4. The number of rotatable bonds is 7. The topological polar surface area (TPSA) is 81.2 Å². The molecule has 0 aromatic carbocycles. The van der Waals surface area contributed by atoms with Crippen molar-refractivity contribution in [1.82, 2.24) is 14.7 Å². The summed E-state index contributed by atoms with van der Waals surface area (Å²) in [6.45, 7) is 6.45. The van der Waals surface area contributed by atoms with Gasteiger partial charge in [0.25, 0.3) is 0 Å². The van der Waals surface area contributed by atoms with Crippen LogP contribution in [0.25, 0.3) is 0 Å². The molecule has 0 aliphatic carbocycles. The van der Waals surface area contributed by atoms with Gasteiger partial charge in [0.2, 0.25) is 17.7 Å². The molecule has 4 aliphatic heterocycles. The van der Waals surface area contributed by atoms with Crippen molar-refractivity contribution in [2.24, 2.45) is 11.8 Å². The molecule has 8 heteroatoms. The number of thioether (sulfide) groups is 1. The molecule has 0 aromatic heterocycles. The minimum atomic E-state index is -0.769. The van der Waals surface area contributed by atoms with Crippen LogP contribution in [-0.4, -0.2) is 92.9 Å². The Bertz CT molecular complexity index is 800. The number of hydrogen-bond donors (Lipinski definition) is 1. The molecule has 3 amide bonds. The van der Waals surface area contributed by atoms with Crippen molar-refractivity contribution in [1.29, 1.82) is 0 Å². The second-order valence-corrected chi connectivity index (χ2v) is 10.3. The van der Waals surface area contributed by atoms with Crippen LogP contribution in [0, 0.1) is 11.8 Å². The summed E-state index contributed by atoms with van der Waals surface area (Å²) >= 11 is 1.60. The Labute approximate surface area is 188 Å². The summed E-state index contributed by atoms with van der Waals surface area (Å²) in [5.41, 5.74) is 0. The molecule has 1 spiro atoms. The van der Waals surface area contributed by atoms with Crippen LogP contribution < -0.4 is 0 Å². The van der Waals surface area contributed by atoms with E-state index >= 15 is 0 Å². The van der Waals surface area contributed by atoms with Gasteiger partial charge in [-0.25, -0.2) is 0 Å². The molecule has 0 bridgehead atoms. The molecule has 170 valence electrons. The summed E-state index contributed by atoms with van der Waals surface area (Å²) in [5.74, 6) is -1.28. The third-order valence-corrected chi connectivity index (χ3v) is 8.69. The van der Waals surface area contributed by atoms with Gasteiger partial charge in [0.1, 0.15) is 6.04 Å². The standard InChI is InChI=1S/C23H33N3O4S/c1-3-5-11-25-13-7-9-23-18(21(29)26(14-15-27)19(23)22(25)30)17-16(31-23)8-6-12-24(10-4-2)20(17)28/h6-9,16-19,27H,3-5,10-15H2,1-2H3/t16-,17+,18-,19?,23-/m0/s1. The van der Waals surface area contributed by atoms with Gasteiger partial charge in [-0.1, -0.05) is 44.6 Å². The highest BCUT2D eigenvalue weighted by molar-refractivity contribution is 8.02. The summed E-state index contributed by atoms with van der Waals surface area (Å²) in [7, 11) is 0. The SMILES string of the molecule is CCCCN1CC=C[C@]23S[C@H]4C=CCN(CCC)C(=O)[C@H]4[C@H]2C(=O)N(CCO)C3C1=O. The van der Waals surface area contributed by atoms with Crippen LogP contribution in [0.15, 0.2) is 24.3 Å². The van der Waals surface area contributed by atoms with E-state index in [4.69, 9.17) is 0 Å². The third kappa shape index (κ3) is 3.52. The van der Waals surface area contributed by atoms with E-state index in [0.717, 1.165) is 19.3 Å². The monoisotopic (exact) mass is 447 g/mol. The minimum absolute atomic E-state index is 0.0112. The summed E-state index contributed by atoms with van der Waals surface area (Å²) < 4.78 is -0.769. The first kappa shape index (κ1) is 22.4. The number of β-amino-alcohol motifs (C(OH)–C–C–N with tert-alkyl or cyclic N) is 1. The molecule has 31 heavy (non-hydrogen) atoms. The predicted octanol–water partition coefficient (Wildman–Crippen LogP) is 1.28. The van der Waals surface area contributed by atoms with Gasteiger partial charge in [0.05, 0.1) is 23.2 Å². The molecule has 1 N–H and O–H groups in total. The minimum Gasteiger partial charge on any atom is -0.395 e. The maximum Gasteiger partial charge on any atom is 0.247 e. The smallest absolute Gasteiger partial charge is 0.247 e. The molecule has 0 aromatic rings. The fraction of sp³-hybridized carbons (Fsp3) is 0.696. The third-order valence-electron chi connectivity index (χ3n) is 6.94. The van der Waals surface area contributed by atoms with E-state index in [1.807, 2.05) is 35.0 Å². The maximum absolute atomic E-state index is 13.7. The average molecular weight is 448 g/mol. The molecule has 4 aliphatic rings. The van der Waals surface area contributed by atoms with Crippen LogP contribution >= 0.6 is 11.8 Å². The lowest BCUT2D eigenvalue weighted by molar-refractivity contribution is -0.144. The second kappa shape index (κ2) is 8.98. The number of amides is 3. The largest absolute Gasteiger partial charge is 0.395 e. The highest BCUT2D eigenvalue weighted by atomic mass is 32.2. The van der Waals surface area contributed by atoms with Gasteiger partial charge in [-0.05, 0) is 12.8 Å². The number of hydrogen-bond acceptors (Lipinski definition) is 5. The van der Waals surface area contributed by atoms with Gasteiger partial charge in [0.15, 0.2) is 0 Å². The van der Waals surface area contributed by atoms with Crippen molar-refractivity contribution < 1.29 is 19.5 Å². The van der Waals surface area contributed by atoms with Crippen molar-refractivity contribution in [3.8, 4) is 0 Å². The van der Waals surface area contributed by atoms with E-state index in [1.165, 1.54) is 0 Å². The van der Waals surface area contributed by atoms with Gasteiger partial charge >= 0.3 is 0 Å². The molecular weight excluding hydrogens is 414 g/mol. The van der Waals surface area contributed by atoms with E-state index in [9.17, 15) is 19.5 Å². The first-order valence-electron chi connectivity index (χ1n) is 11.5. The average Bonchev–Trinajstić information content (AvgIpc) is 3.06. The van der Waals surface area contributed by atoms with Crippen LogP contribution in [0.1, 0.15) is 33.1 Å². The summed E-state index contributed by atoms with van der Waals surface area (Å²) in [6.07, 6.45) is 10.9. The van der Waals surface area contributed by atoms with Crippen LogP contribution in [-0.2, 0) is 14.4 Å². The van der Waals surface area contributed by atoms with Gasteiger partial charge in [-0.2, -0.15) is 0 Å². The summed E-state index contributed by atoms with van der Waals surface area (Å²) in [4.78, 5) is 46.2. The number of fused-ring (bicyclic) bond motifs is 2. The van der Waals surface area contributed by atoms with Crippen molar-refractivity contribution in [2.75, 3.05) is 39.3 Å². The quantitative estimate of drug-likeness (QED) is 0.595. The van der Waals surface area contributed by atoms with E-state index in [2.05, 4.69) is 13.0 Å². The van der Waals surface area contributed by atoms with Crippen molar-refractivity contribution in [3.05, 3.63) is 24.3 Å². The molecule has 0 saturated carbocycles. The number of carbonyl (C=O) groups is 3. The highest BCUT2D eigenvalue weighted by Crippen LogP contribution is 2.60. The number of aliphatic hydroxyl groups excluding tert-OH is 1.